The van der Waals surface area contributed by atoms with Gasteiger partial charge in [-0.25, -0.2) is 4.79 Å². The van der Waals surface area contributed by atoms with E-state index in [1.807, 2.05) is 0 Å². The molecular weight excluding hydrogens is 299 g/mol. The van der Waals surface area contributed by atoms with Gasteiger partial charge in [0, 0.05) is 5.75 Å². The maximum absolute atomic E-state index is 11.9. The van der Waals surface area contributed by atoms with Gasteiger partial charge in [-0.2, -0.15) is 11.8 Å². The smallest absolute Gasteiger partial charge is 0.330 e. The van der Waals surface area contributed by atoms with Crippen LogP contribution in [0.1, 0.15) is 16.9 Å². The van der Waals surface area contributed by atoms with Crippen molar-refractivity contribution in [3.8, 4) is 0 Å². The molecule has 5 nitrogen and oxygen atoms in total. The van der Waals surface area contributed by atoms with Gasteiger partial charge in [-0.3, -0.25) is 4.79 Å². The van der Waals surface area contributed by atoms with Crippen LogP contribution in [0.15, 0.2) is 6.07 Å². The van der Waals surface area contributed by atoms with Crippen molar-refractivity contribution < 1.29 is 14.7 Å². The number of nitrogens with one attached hydrogen (secondary N) is 2. The lowest BCUT2D eigenvalue weighted by atomic mass is 9.99. The Bertz CT molecular complexity index is 478. The van der Waals surface area contributed by atoms with Crippen LogP contribution in [0.4, 0.5) is 0 Å². The summed E-state index contributed by atoms with van der Waals surface area (Å²) in [5.41, 5.74) is -1.05. The fraction of sp³-hybridized carbons (Fsp3) is 0.400. The summed E-state index contributed by atoms with van der Waals surface area (Å²) in [7, 11) is 0. The minimum absolute atomic E-state index is 0.155. The van der Waals surface area contributed by atoms with E-state index >= 15 is 0 Å². The fourth-order valence-corrected chi connectivity index (χ4v) is 3.34. The van der Waals surface area contributed by atoms with Crippen molar-refractivity contribution in [1.82, 2.24) is 10.3 Å². The molecule has 3 N–H and O–H groups in total. The van der Waals surface area contributed by atoms with E-state index in [0.29, 0.717) is 17.9 Å². The van der Waals surface area contributed by atoms with Gasteiger partial charge in [0.05, 0.1) is 5.02 Å². The Morgan fingerprint density at radius 2 is 2.22 bits per heavy atom. The second-order valence-corrected chi connectivity index (χ2v) is 5.88. The second-order valence-electron chi connectivity index (χ2n) is 3.99. The molecule has 1 aromatic rings. The Morgan fingerprint density at radius 3 is 2.67 bits per heavy atom. The Morgan fingerprint density at radius 1 is 1.50 bits per heavy atom. The van der Waals surface area contributed by atoms with Crippen molar-refractivity contribution in [3.05, 3.63) is 21.9 Å². The highest BCUT2D eigenvalue weighted by molar-refractivity contribution is 7.99. The lowest BCUT2D eigenvalue weighted by Gasteiger charge is -2.24. The van der Waals surface area contributed by atoms with Crippen LogP contribution >= 0.6 is 35.0 Å². The van der Waals surface area contributed by atoms with E-state index in [2.05, 4.69) is 10.3 Å². The number of rotatable bonds is 3. The number of carbonyl (C=O) groups is 2. The van der Waals surface area contributed by atoms with Gasteiger partial charge in [0.2, 0.25) is 0 Å². The number of aromatic nitrogens is 1. The average molecular weight is 309 g/mol. The molecule has 0 aromatic carbocycles. The monoisotopic (exact) mass is 308 g/mol. The van der Waals surface area contributed by atoms with E-state index in [4.69, 9.17) is 23.2 Å². The molecule has 0 spiro atoms. The van der Waals surface area contributed by atoms with Crippen LogP contribution < -0.4 is 5.32 Å². The Labute approximate surface area is 117 Å². The lowest BCUT2D eigenvalue weighted by molar-refractivity contribution is -0.143. The first-order valence-electron chi connectivity index (χ1n) is 5.12. The average Bonchev–Trinajstić information content (AvgIpc) is 2.88. The molecule has 1 aliphatic heterocycles. The van der Waals surface area contributed by atoms with Gasteiger partial charge in [0.1, 0.15) is 16.4 Å². The first kappa shape index (κ1) is 13.6. The van der Waals surface area contributed by atoms with Crippen molar-refractivity contribution in [3.63, 3.8) is 0 Å². The van der Waals surface area contributed by atoms with Gasteiger partial charge in [0.25, 0.3) is 5.91 Å². The van der Waals surface area contributed by atoms with Crippen LogP contribution in [0, 0.1) is 0 Å². The Hall–Kier alpha value is -0.850. The fourth-order valence-electron chi connectivity index (χ4n) is 1.70. The van der Waals surface area contributed by atoms with Crippen molar-refractivity contribution in [1.29, 1.82) is 0 Å². The van der Waals surface area contributed by atoms with Gasteiger partial charge in [-0.05, 0) is 18.2 Å². The van der Waals surface area contributed by atoms with Crippen molar-refractivity contribution in [2.45, 2.75) is 12.0 Å². The van der Waals surface area contributed by atoms with Crippen LogP contribution in [0.3, 0.4) is 0 Å². The number of halogens is 2. The van der Waals surface area contributed by atoms with E-state index in [9.17, 15) is 14.7 Å². The molecule has 0 saturated carbocycles. The molecule has 1 aliphatic rings. The minimum atomic E-state index is -1.20. The van der Waals surface area contributed by atoms with Crippen LogP contribution in [-0.4, -0.2) is 39.0 Å². The molecule has 98 valence electrons. The summed E-state index contributed by atoms with van der Waals surface area (Å²) in [6.07, 6.45) is 0.404. The molecule has 1 atom stereocenters. The van der Waals surface area contributed by atoms with Gasteiger partial charge in [-0.1, -0.05) is 23.2 Å². The molecule has 0 radical (unpaired) electrons. The van der Waals surface area contributed by atoms with E-state index < -0.39 is 17.4 Å². The molecule has 1 aromatic heterocycles. The van der Waals surface area contributed by atoms with Crippen molar-refractivity contribution >= 4 is 46.8 Å². The number of H-pyrrole nitrogens is 1. The SMILES string of the molecule is O=C(NC1(C(=O)O)CCSC1)c1cc(Cl)c(Cl)[nH]1. The Balaban J connectivity index is 2.17. The topological polar surface area (TPSA) is 82.2 Å². The van der Waals surface area contributed by atoms with E-state index in [0.717, 1.165) is 0 Å². The van der Waals surface area contributed by atoms with Gasteiger partial charge in [-0.15, -0.1) is 0 Å². The number of aliphatic carboxylic acids is 1. The molecule has 8 heteroatoms. The minimum Gasteiger partial charge on any atom is -0.479 e. The summed E-state index contributed by atoms with van der Waals surface area (Å²) < 4.78 is 0. The molecule has 0 bridgehead atoms. The van der Waals surface area contributed by atoms with Crippen molar-refractivity contribution in [2.75, 3.05) is 11.5 Å². The standard InChI is InChI=1S/C10H10Cl2N2O3S/c11-5-3-6(13-7(5)12)8(15)14-10(9(16)17)1-2-18-4-10/h3,13H,1-2,4H2,(H,14,15)(H,16,17). The number of carbonyl (C=O) groups excluding carboxylic acids is 1. The zero-order valence-electron chi connectivity index (χ0n) is 9.13. The highest BCUT2D eigenvalue weighted by Gasteiger charge is 2.43. The number of thioether (sulfide) groups is 1. The third-order valence-electron chi connectivity index (χ3n) is 2.75. The molecule has 18 heavy (non-hydrogen) atoms. The quantitative estimate of drug-likeness (QED) is 0.798. The zero-order chi connectivity index (χ0) is 13.3. The highest BCUT2D eigenvalue weighted by Crippen LogP contribution is 2.29. The predicted molar refractivity (Wildman–Crippen MR) is 70.6 cm³/mol. The highest BCUT2D eigenvalue weighted by atomic mass is 35.5. The number of hydrogen-bond acceptors (Lipinski definition) is 3. The van der Waals surface area contributed by atoms with Crippen molar-refractivity contribution in [2.24, 2.45) is 0 Å². The first-order chi connectivity index (χ1) is 8.44. The van der Waals surface area contributed by atoms with Crippen LogP contribution in [0.2, 0.25) is 10.2 Å². The first-order valence-corrected chi connectivity index (χ1v) is 7.03. The molecule has 1 saturated heterocycles. The third kappa shape index (κ3) is 2.46. The van der Waals surface area contributed by atoms with E-state index in [1.54, 1.807) is 0 Å². The van der Waals surface area contributed by atoms with Gasteiger partial charge in [0.15, 0.2) is 0 Å². The molecule has 2 heterocycles. The van der Waals surface area contributed by atoms with Gasteiger partial charge < -0.3 is 15.4 Å². The van der Waals surface area contributed by atoms with E-state index in [-0.39, 0.29) is 15.9 Å². The summed E-state index contributed by atoms with van der Waals surface area (Å²) in [5.74, 6) is -0.479. The zero-order valence-corrected chi connectivity index (χ0v) is 11.5. The number of amides is 1. The summed E-state index contributed by atoms with van der Waals surface area (Å²) in [6.45, 7) is 0. The van der Waals surface area contributed by atoms with Gasteiger partial charge >= 0.3 is 5.97 Å². The van der Waals surface area contributed by atoms with Crippen LogP contribution in [0.25, 0.3) is 0 Å². The molecular formula is C10H10Cl2N2O3S. The van der Waals surface area contributed by atoms with E-state index in [1.165, 1.54) is 17.8 Å². The number of carboxylic acid groups (broad SMARTS) is 1. The molecule has 1 amide bonds. The third-order valence-corrected chi connectivity index (χ3v) is 4.64. The molecule has 1 unspecified atom stereocenters. The number of aromatic amines is 1. The largest absolute Gasteiger partial charge is 0.479 e. The summed E-state index contributed by atoms with van der Waals surface area (Å²) in [6, 6.07) is 1.37. The number of carboxylic acids is 1. The maximum atomic E-state index is 11.9. The van der Waals surface area contributed by atoms with Crippen LogP contribution in [-0.2, 0) is 4.79 Å². The Kier molecular flexibility index (Phi) is 3.79. The summed E-state index contributed by atoms with van der Waals surface area (Å²) >= 11 is 12.9. The maximum Gasteiger partial charge on any atom is 0.330 e. The number of hydrogen-bond donors (Lipinski definition) is 3. The molecule has 0 aliphatic carbocycles. The molecule has 1 fully saturated rings. The normalized spacial score (nSPS) is 23.0. The van der Waals surface area contributed by atoms with Crippen LogP contribution in [0.5, 0.6) is 0 Å². The summed E-state index contributed by atoms with van der Waals surface area (Å²) in [5, 5.41) is 12.2. The lowest BCUT2D eigenvalue weighted by Crippen LogP contribution is -2.54. The predicted octanol–water partition coefficient (Wildman–Crippen LogP) is 2.01. The molecule has 2 rings (SSSR count). The summed E-state index contributed by atoms with van der Waals surface area (Å²) in [4.78, 5) is 25.8. The second kappa shape index (κ2) is 5.03.